The number of hydrogen-bond acceptors (Lipinski definition) is 4. The van der Waals surface area contributed by atoms with E-state index in [9.17, 15) is 4.79 Å². The van der Waals surface area contributed by atoms with E-state index < -0.39 is 0 Å². The third kappa shape index (κ3) is 3.96. The zero-order valence-corrected chi connectivity index (χ0v) is 11.1. The molecule has 0 saturated carbocycles. The number of nitrogens with zero attached hydrogens (tertiary/aromatic N) is 1. The Bertz CT molecular complexity index is 228. The molecule has 94 valence electrons. The summed E-state index contributed by atoms with van der Waals surface area (Å²) in [5.41, 5.74) is 5.88. The van der Waals surface area contributed by atoms with Gasteiger partial charge in [0.2, 0.25) is 5.91 Å². The number of rotatable bonds is 4. The molecule has 1 aliphatic rings. The van der Waals surface area contributed by atoms with Gasteiger partial charge >= 0.3 is 0 Å². The van der Waals surface area contributed by atoms with Gasteiger partial charge < -0.3 is 15.4 Å². The first-order valence-corrected chi connectivity index (χ1v) is 7.12. The van der Waals surface area contributed by atoms with Gasteiger partial charge in [0, 0.05) is 13.1 Å². The van der Waals surface area contributed by atoms with Crippen LogP contribution < -0.4 is 5.73 Å². The van der Waals surface area contributed by atoms with Crippen molar-refractivity contribution in [3.63, 3.8) is 0 Å². The summed E-state index contributed by atoms with van der Waals surface area (Å²) >= 11 is 1.72. The molecule has 0 radical (unpaired) electrons. The van der Waals surface area contributed by atoms with E-state index in [1.54, 1.807) is 11.8 Å². The smallest absolute Gasteiger partial charge is 0.239 e. The van der Waals surface area contributed by atoms with Crippen LogP contribution in [-0.2, 0) is 9.53 Å². The molecule has 1 saturated heterocycles. The van der Waals surface area contributed by atoms with Gasteiger partial charge in [0.05, 0.1) is 18.2 Å². The molecule has 1 fully saturated rings. The van der Waals surface area contributed by atoms with E-state index in [4.69, 9.17) is 10.5 Å². The van der Waals surface area contributed by atoms with E-state index in [1.807, 2.05) is 25.0 Å². The maximum atomic E-state index is 12.0. The lowest BCUT2D eigenvalue weighted by molar-refractivity contribution is -0.144. The predicted octanol–water partition coefficient (Wildman–Crippen LogP) is 0.703. The van der Waals surface area contributed by atoms with E-state index in [0.29, 0.717) is 13.1 Å². The Morgan fingerprint density at radius 2 is 2.06 bits per heavy atom. The van der Waals surface area contributed by atoms with Crippen LogP contribution in [0.3, 0.4) is 0 Å². The lowest BCUT2D eigenvalue weighted by Crippen LogP contribution is -2.53. The largest absolute Gasteiger partial charge is 0.372 e. The summed E-state index contributed by atoms with van der Waals surface area (Å²) in [4.78, 5) is 13.9. The molecule has 1 rings (SSSR count). The molecule has 2 N–H and O–H groups in total. The summed E-state index contributed by atoms with van der Waals surface area (Å²) in [6, 6.07) is -0.357. The van der Waals surface area contributed by atoms with Gasteiger partial charge in [-0.3, -0.25) is 4.79 Å². The normalized spacial score (nSPS) is 27.9. The molecule has 0 aromatic rings. The minimum Gasteiger partial charge on any atom is -0.372 e. The summed E-state index contributed by atoms with van der Waals surface area (Å²) < 4.78 is 5.59. The van der Waals surface area contributed by atoms with Crippen molar-refractivity contribution >= 4 is 17.7 Å². The Hall–Kier alpha value is -0.260. The number of carbonyl (C=O) groups is 1. The Morgan fingerprint density at radius 1 is 1.50 bits per heavy atom. The summed E-state index contributed by atoms with van der Waals surface area (Å²) in [5, 5.41) is 0. The highest BCUT2D eigenvalue weighted by atomic mass is 32.2. The van der Waals surface area contributed by atoms with Crippen molar-refractivity contribution in [1.29, 1.82) is 0 Å². The zero-order valence-electron chi connectivity index (χ0n) is 10.3. The fraction of sp³-hybridized carbons (Fsp3) is 0.909. The second-order valence-electron chi connectivity index (χ2n) is 4.39. The molecule has 0 spiro atoms. The minimum absolute atomic E-state index is 0.0658. The fourth-order valence-corrected chi connectivity index (χ4v) is 2.45. The second kappa shape index (κ2) is 6.47. The number of carbonyl (C=O) groups excluding carboxylic acids is 1. The van der Waals surface area contributed by atoms with Gasteiger partial charge in [-0.25, -0.2) is 0 Å². The van der Waals surface area contributed by atoms with Crippen molar-refractivity contribution in [3.8, 4) is 0 Å². The van der Waals surface area contributed by atoms with Crippen LogP contribution in [0, 0.1) is 0 Å². The molecular weight excluding hydrogens is 224 g/mol. The topological polar surface area (TPSA) is 55.6 Å². The van der Waals surface area contributed by atoms with Gasteiger partial charge in [0.15, 0.2) is 0 Å². The fourth-order valence-electron chi connectivity index (χ4n) is 1.96. The molecule has 0 aromatic carbocycles. The molecule has 0 bridgehead atoms. The van der Waals surface area contributed by atoms with Crippen LogP contribution in [0.15, 0.2) is 0 Å². The Morgan fingerprint density at radius 3 is 2.56 bits per heavy atom. The van der Waals surface area contributed by atoms with E-state index in [0.717, 1.165) is 12.2 Å². The van der Waals surface area contributed by atoms with Gasteiger partial charge in [-0.1, -0.05) is 0 Å². The monoisotopic (exact) mass is 246 g/mol. The quantitative estimate of drug-likeness (QED) is 0.793. The molecule has 3 atom stereocenters. The second-order valence-corrected chi connectivity index (χ2v) is 5.37. The highest BCUT2D eigenvalue weighted by Crippen LogP contribution is 2.12. The Labute approximate surface area is 102 Å². The zero-order chi connectivity index (χ0) is 12.1. The number of amides is 1. The SMILES string of the molecule is CSCC[C@H](N)C(=O)N1C[C@@H](C)O[C@@H](C)C1. The first-order chi connectivity index (χ1) is 7.54. The van der Waals surface area contributed by atoms with Crippen molar-refractivity contribution in [2.45, 2.75) is 38.5 Å². The number of morpholine rings is 1. The van der Waals surface area contributed by atoms with Crippen molar-refractivity contribution in [1.82, 2.24) is 4.90 Å². The lowest BCUT2D eigenvalue weighted by atomic mass is 10.1. The number of thioether (sulfide) groups is 1. The van der Waals surface area contributed by atoms with Crippen LogP contribution in [0.1, 0.15) is 20.3 Å². The minimum atomic E-state index is -0.357. The third-order valence-corrected chi connectivity index (χ3v) is 3.33. The third-order valence-electron chi connectivity index (χ3n) is 2.68. The Balaban J connectivity index is 2.45. The summed E-state index contributed by atoms with van der Waals surface area (Å²) in [7, 11) is 0. The van der Waals surface area contributed by atoms with E-state index >= 15 is 0 Å². The molecule has 1 aliphatic heterocycles. The van der Waals surface area contributed by atoms with Gasteiger partial charge in [-0.15, -0.1) is 0 Å². The highest BCUT2D eigenvalue weighted by Gasteiger charge is 2.28. The molecular formula is C11H22N2O2S. The highest BCUT2D eigenvalue weighted by molar-refractivity contribution is 7.98. The summed E-state index contributed by atoms with van der Waals surface area (Å²) in [6.45, 7) is 5.30. The van der Waals surface area contributed by atoms with Gasteiger partial charge in [-0.05, 0) is 32.3 Å². The van der Waals surface area contributed by atoms with Crippen LogP contribution in [-0.4, -0.2) is 54.2 Å². The van der Waals surface area contributed by atoms with Crippen LogP contribution in [0.2, 0.25) is 0 Å². The van der Waals surface area contributed by atoms with Crippen molar-refractivity contribution in [3.05, 3.63) is 0 Å². The van der Waals surface area contributed by atoms with Crippen LogP contribution in [0.5, 0.6) is 0 Å². The molecule has 16 heavy (non-hydrogen) atoms. The van der Waals surface area contributed by atoms with Crippen molar-refractivity contribution in [2.24, 2.45) is 5.73 Å². The Kier molecular flexibility index (Phi) is 5.58. The van der Waals surface area contributed by atoms with Crippen molar-refractivity contribution in [2.75, 3.05) is 25.1 Å². The lowest BCUT2D eigenvalue weighted by Gasteiger charge is -2.36. The molecule has 4 nitrogen and oxygen atoms in total. The summed E-state index contributed by atoms with van der Waals surface area (Å²) in [6.07, 6.45) is 3.00. The van der Waals surface area contributed by atoms with Crippen LogP contribution in [0.25, 0.3) is 0 Å². The van der Waals surface area contributed by atoms with E-state index in [2.05, 4.69) is 0 Å². The predicted molar refractivity (Wildman–Crippen MR) is 67.6 cm³/mol. The van der Waals surface area contributed by atoms with Gasteiger partial charge in [0.1, 0.15) is 0 Å². The van der Waals surface area contributed by atoms with Crippen LogP contribution in [0.4, 0.5) is 0 Å². The molecule has 1 amide bonds. The standard InChI is InChI=1S/C11H22N2O2S/c1-8-6-13(7-9(2)15-8)11(14)10(12)4-5-16-3/h8-10H,4-7,12H2,1-3H3/t8-,9+,10-/m0/s1. The molecule has 5 heteroatoms. The number of ether oxygens (including phenoxy) is 1. The molecule has 1 heterocycles. The average Bonchev–Trinajstić information content (AvgIpc) is 2.23. The van der Waals surface area contributed by atoms with Crippen molar-refractivity contribution < 1.29 is 9.53 Å². The maximum absolute atomic E-state index is 12.0. The number of nitrogens with two attached hydrogens (primary N) is 1. The van der Waals surface area contributed by atoms with E-state index in [1.165, 1.54) is 0 Å². The average molecular weight is 246 g/mol. The summed E-state index contributed by atoms with van der Waals surface area (Å²) in [5.74, 6) is 0.999. The molecule has 0 aromatic heterocycles. The maximum Gasteiger partial charge on any atom is 0.239 e. The first-order valence-electron chi connectivity index (χ1n) is 5.73. The van der Waals surface area contributed by atoms with Crippen LogP contribution >= 0.6 is 11.8 Å². The molecule has 0 unspecified atom stereocenters. The first kappa shape index (κ1) is 13.8. The van der Waals surface area contributed by atoms with Gasteiger partial charge in [-0.2, -0.15) is 11.8 Å². The number of hydrogen-bond donors (Lipinski definition) is 1. The molecule has 0 aliphatic carbocycles. The van der Waals surface area contributed by atoms with Gasteiger partial charge in [0.25, 0.3) is 0 Å². The van der Waals surface area contributed by atoms with E-state index in [-0.39, 0.29) is 24.2 Å².